The molecule has 2 nitrogen and oxygen atoms in total. The summed E-state index contributed by atoms with van der Waals surface area (Å²) in [5, 5.41) is 1.40. The van der Waals surface area contributed by atoms with E-state index < -0.39 is 0 Å². The van der Waals surface area contributed by atoms with Gasteiger partial charge in [0.25, 0.3) is 0 Å². The standard InChI is InChI=1S/C20H16ClO2P.Li.H/c1-23-18-9-5-8-17(21)19(18)20(22)24-16-12-10-15(11-13-16)14-6-3-2-4-7-14;;/h2-13,24H,1H3;;/q;+1;-1. The molecular formula is C20H17ClLiO2P. The molecule has 0 saturated carbocycles. The molecule has 0 saturated heterocycles. The minimum Gasteiger partial charge on any atom is -1.00 e. The monoisotopic (exact) mass is 362 g/mol. The fraction of sp³-hybridized carbons (Fsp3) is 0.0500. The Balaban J connectivity index is 0.00000169. The van der Waals surface area contributed by atoms with Gasteiger partial charge in [0.15, 0.2) is 5.52 Å². The summed E-state index contributed by atoms with van der Waals surface area (Å²) >= 11 is 6.18. The molecule has 25 heavy (non-hydrogen) atoms. The van der Waals surface area contributed by atoms with Crippen molar-refractivity contribution in [2.24, 2.45) is 0 Å². The van der Waals surface area contributed by atoms with E-state index in [-0.39, 0.29) is 34.4 Å². The van der Waals surface area contributed by atoms with E-state index in [9.17, 15) is 4.79 Å². The van der Waals surface area contributed by atoms with Crippen LogP contribution in [0.25, 0.3) is 11.1 Å². The van der Waals surface area contributed by atoms with Gasteiger partial charge in [-0.25, -0.2) is 0 Å². The Morgan fingerprint density at radius 1 is 0.920 bits per heavy atom. The number of methoxy groups -OCH3 is 1. The molecule has 3 aromatic rings. The van der Waals surface area contributed by atoms with E-state index >= 15 is 0 Å². The van der Waals surface area contributed by atoms with Gasteiger partial charge in [0.2, 0.25) is 0 Å². The molecular weight excluding hydrogens is 346 g/mol. The number of ether oxygens (including phenoxy) is 1. The maximum Gasteiger partial charge on any atom is 1.00 e. The second-order valence-corrected chi connectivity index (χ2v) is 6.90. The van der Waals surface area contributed by atoms with Crippen LogP contribution in [0.2, 0.25) is 5.02 Å². The molecule has 0 heterocycles. The fourth-order valence-electron chi connectivity index (χ4n) is 2.47. The van der Waals surface area contributed by atoms with Crippen LogP contribution in [-0.4, -0.2) is 12.6 Å². The number of halogens is 1. The number of hydrogen-bond acceptors (Lipinski definition) is 2. The first-order valence-electron chi connectivity index (χ1n) is 7.48. The first-order chi connectivity index (χ1) is 11.7. The van der Waals surface area contributed by atoms with Crippen molar-refractivity contribution in [1.29, 1.82) is 0 Å². The van der Waals surface area contributed by atoms with Crippen LogP contribution in [0.3, 0.4) is 0 Å². The summed E-state index contributed by atoms with van der Waals surface area (Å²) in [7, 11) is 1.54. The van der Waals surface area contributed by atoms with E-state index in [1.807, 2.05) is 42.5 Å². The third-order valence-corrected chi connectivity index (χ3v) is 5.09. The molecule has 0 N–H and O–H groups in total. The van der Waals surface area contributed by atoms with Gasteiger partial charge in [-0.15, -0.1) is 0 Å². The van der Waals surface area contributed by atoms with E-state index in [1.165, 1.54) is 0 Å². The van der Waals surface area contributed by atoms with Gasteiger partial charge >= 0.3 is 18.9 Å². The van der Waals surface area contributed by atoms with Crippen molar-refractivity contribution >= 4 is 31.0 Å². The summed E-state index contributed by atoms with van der Waals surface area (Å²) in [5.41, 5.74) is 2.72. The number of rotatable bonds is 5. The van der Waals surface area contributed by atoms with Crippen molar-refractivity contribution in [2.45, 2.75) is 0 Å². The summed E-state index contributed by atoms with van der Waals surface area (Å²) in [6.45, 7) is 0. The average Bonchev–Trinajstić information content (AvgIpc) is 2.62. The predicted molar refractivity (Wildman–Crippen MR) is 103 cm³/mol. The second kappa shape index (κ2) is 9.23. The SMILES string of the molecule is COc1cccc(Cl)c1C(=O)Pc1ccc(-c2ccccc2)cc1.[H-].[Li+]. The zero-order chi connectivity index (χ0) is 16.9. The van der Waals surface area contributed by atoms with E-state index in [4.69, 9.17) is 16.3 Å². The first kappa shape index (κ1) is 19.8. The molecule has 3 aromatic carbocycles. The van der Waals surface area contributed by atoms with Crippen LogP contribution in [0.1, 0.15) is 11.8 Å². The Morgan fingerprint density at radius 2 is 1.56 bits per heavy atom. The van der Waals surface area contributed by atoms with Gasteiger partial charge < -0.3 is 6.16 Å². The van der Waals surface area contributed by atoms with Gasteiger partial charge in [-0.2, -0.15) is 0 Å². The Hall–Kier alpha value is -1.55. The number of hydrogen-bond donors (Lipinski definition) is 0. The molecule has 0 radical (unpaired) electrons. The molecule has 0 spiro atoms. The molecule has 1 atom stereocenters. The van der Waals surface area contributed by atoms with Crippen molar-refractivity contribution in [3.63, 3.8) is 0 Å². The van der Waals surface area contributed by atoms with Crippen LogP contribution in [0.15, 0.2) is 72.8 Å². The third-order valence-electron chi connectivity index (χ3n) is 3.67. The van der Waals surface area contributed by atoms with E-state index in [1.54, 1.807) is 25.3 Å². The van der Waals surface area contributed by atoms with Crippen molar-refractivity contribution in [3.8, 4) is 16.9 Å². The molecule has 0 amide bonds. The molecule has 3 rings (SSSR count). The van der Waals surface area contributed by atoms with Gasteiger partial charge in [0.05, 0.1) is 17.7 Å². The Bertz CT molecular complexity index is 857. The van der Waals surface area contributed by atoms with Crippen LogP contribution in [-0.2, 0) is 0 Å². The molecule has 0 bridgehead atoms. The quantitative estimate of drug-likeness (QED) is 0.514. The van der Waals surface area contributed by atoms with Crippen molar-refractivity contribution in [1.82, 2.24) is 0 Å². The van der Waals surface area contributed by atoms with Crippen molar-refractivity contribution in [3.05, 3.63) is 83.4 Å². The van der Waals surface area contributed by atoms with Gasteiger partial charge in [0.1, 0.15) is 5.75 Å². The normalized spacial score (nSPS) is 10.5. The van der Waals surface area contributed by atoms with Gasteiger partial charge in [-0.3, -0.25) is 4.79 Å². The molecule has 0 aliphatic carbocycles. The zero-order valence-electron chi connectivity index (χ0n) is 15.1. The Kier molecular flexibility index (Phi) is 7.30. The fourth-order valence-corrected chi connectivity index (χ4v) is 3.77. The zero-order valence-corrected chi connectivity index (χ0v) is 15.9. The minimum atomic E-state index is -0.0232. The smallest absolute Gasteiger partial charge is 1.00 e. The number of carbonyl (C=O) groups is 1. The van der Waals surface area contributed by atoms with Crippen molar-refractivity contribution in [2.75, 3.05) is 7.11 Å². The van der Waals surface area contributed by atoms with E-state index in [0.717, 1.165) is 16.4 Å². The molecule has 122 valence electrons. The largest absolute Gasteiger partial charge is 1.00 e. The van der Waals surface area contributed by atoms with Gasteiger partial charge in [0, 0.05) is 0 Å². The summed E-state index contributed by atoms with van der Waals surface area (Å²) < 4.78 is 5.26. The van der Waals surface area contributed by atoms with Crippen LogP contribution >= 0.6 is 20.2 Å². The first-order valence-corrected chi connectivity index (χ1v) is 8.86. The molecule has 1 unspecified atom stereocenters. The minimum absolute atomic E-state index is 0. The summed E-state index contributed by atoms with van der Waals surface area (Å²) in [6, 6.07) is 23.4. The van der Waals surface area contributed by atoms with Gasteiger partial charge in [-0.05, 0) is 37.1 Å². The summed E-state index contributed by atoms with van der Waals surface area (Å²) in [4.78, 5) is 12.6. The van der Waals surface area contributed by atoms with Crippen LogP contribution in [0.5, 0.6) is 5.75 Å². The van der Waals surface area contributed by atoms with E-state index in [2.05, 4.69) is 12.1 Å². The third kappa shape index (κ3) is 4.75. The van der Waals surface area contributed by atoms with E-state index in [0.29, 0.717) is 16.3 Å². The Morgan fingerprint density at radius 3 is 2.20 bits per heavy atom. The average molecular weight is 363 g/mol. The predicted octanol–water partition coefficient (Wildman–Crippen LogP) is 2.28. The molecule has 0 aliphatic rings. The maximum atomic E-state index is 12.6. The van der Waals surface area contributed by atoms with Crippen LogP contribution < -0.4 is 28.9 Å². The molecule has 0 fully saturated rings. The summed E-state index contributed by atoms with van der Waals surface area (Å²) in [5.74, 6) is 0.515. The molecule has 0 aromatic heterocycles. The summed E-state index contributed by atoms with van der Waals surface area (Å²) in [6.07, 6.45) is 0. The number of carbonyl (C=O) groups excluding carboxylic acids is 1. The second-order valence-electron chi connectivity index (χ2n) is 5.21. The van der Waals surface area contributed by atoms with Crippen LogP contribution in [0.4, 0.5) is 0 Å². The molecule has 5 heteroatoms. The molecule has 0 aliphatic heterocycles. The maximum absolute atomic E-state index is 12.6. The van der Waals surface area contributed by atoms with Crippen molar-refractivity contribution < 1.29 is 29.8 Å². The van der Waals surface area contributed by atoms with Gasteiger partial charge in [-0.1, -0.05) is 72.3 Å². The van der Waals surface area contributed by atoms with Crippen LogP contribution in [0, 0.1) is 0 Å². The number of benzene rings is 3. The Labute approximate surface area is 168 Å². The topological polar surface area (TPSA) is 26.3 Å².